The number of sulfone groups is 1. The van der Waals surface area contributed by atoms with Crippen molar-refractivity contribution < 1.29 is 18.3 Å². The van der Waals surface area contributed by atoms with Gasteiger partial charge in [0.25, 0.3) is 0 Å². The van der Waals surface area contributed by atoms with Crippen LogP contribution < -0.4 is 0 Å². The van der Waals surface area contributed by atoms with E-state index >= 15 is 0 Å². The van der Waals surface area contributed by atoms with Gasteiger partial charge in [-0.25, -0.2) is 8.42 Å². The minimum absolute atomic E-state index is 0.175. The van der Waals surface area contributed by atoms with Gasteiger partial charge in [0, 0.05) is 0 Å². The minimum atomic E-state index is -3.82. The second-order valence-electron chi connectivity index (χ2n) is 5.75. The maximum atomic E-state index is 13.1. The van der Waals surface area contributed by atoms with Crippen molar-refractivity contribution in [2.75, 3.05) is 0 Å². The molecule has 122 valence electrons. The Morgan fingerprint density at radius 2 is 1.65 bits per heavy atom. The predicted octanol–water partition coefficient (Wildman–Crippen LogP) is 3.09. The van der Waals surface area contributed by atoms with Crippen LogP contribution in [0.5, 0.6) is 0 Å². The molecule has 0 aromatic heterocycles. The lowest BCUT2D eigenvalue weighted by Crippen LogP contribution is -2.38. The third-order valence-electron chi connectivity index (χ3n) is 4.21. The monoisotopic (exact) mass is 332 g/mol. The molecular formula is C18H20O4S. The summed E-state index contributed by atoms with van der Waals surface area (Å²) in [5.74, 6) is 0. The van der Waals surface area contributed by atoms with Crippen molar-refractivity contribution in [2.24, 2.45) is 0 Å². The lowest BCUT2D eigenvalue weighted by Gasteiger charge is -2.20. The van der Waals surface area contributed by atoms with Crippen molar-refractivity contribution in [3.63, 3.8) is 0 Å². The van der Waals surface area contributed by atoms with Crippen LogP contribution in [0.1, 0.15) is 31.4 Å². The number of hydrogen-bond acceptors (Lipinski definition) is 4. The van der Waals surface area contributed by atoms with Crippen LogP contribution in [0, 0.1) is 0 Å². The first kappa shape index (κ1) is 16.2. The Balaban J connectivity index is 2.05. The smallest absolute Gasteiger partial charge is 0.230 e. The maximum absolute atomic E-state index is 13.1. The zero-order valence-corrected chi connectivity index (χ0v) is 13.7. The zero-order chi connectivity index (χ0) is 16.5. The summed E-state index contributed by atoms with van der Waals surface area (Å²) in [7, 11) is -3.82. The summed E-state index contributed by atoms with van der Waals surface area (Å²) < 4.78 is 31.9. The predicted molar refractivity (Wildman–Crippen MR) is 87.5 cm³/mol. The molecule has 5 heteroatoms. The lowest BCUT2D eigenvalue weighted by atomic mass is 10.0. The molecule has 2 aromatic rings. The van der Waals surface area contributed by atoms with E-state index in [-0.39, 0.29) is 4.90 Å². The summed E-state index contributed by atoms with van der Waals surface area (Å²) in [6.45, 7) is 1.91. The first-order valence-electron chi connectivity index (χ1n) is 7.74. The first-order chi connectivity index (χ1) is 11.0. The van der Waals surface area contributed by atoms with Gasteiger partial charge in [-0.15, -0.1) is 0 Å². The average molecular weight is 332 g/mol. The van der Waals surface area contributed by atoms with Crippen LogP contribution in [0.25, 0.3) is 0 Å². The second-order valence-corrected chi connectivity index (χ2v) is 7.87. The molecule has 0 saturated carbocycles. The normalized spacial score (nSPS) is 25.0. The summed E-state index contributed by atoms with van der Waals surface area (Å²) in [6.07, 6.45) is -0.661. The molecule has 3 atom stereocenters. The molecule has 23 heavy (non-hydrogen) atoms. The SMILES string of the molecule is CCC[C@H](O)[C@]1(S(=O)(=O)c2ccccc2)O[C@@H]1c1ccccc1. The number of ether oxygens (including phenoxy) is 1. The number of rotatable bonds is 6. The van der Waals surface area contributed by atoms with E-state index in [1.54, 1.807) is 30.3 Å². The average Bonchev–Trinajstić information content (AvgIpc) is 3.34. The molecule has 4 nitrogen and oxygen atoms in total. The van der Waals surface area contributed by atoms with E-state index in [0.717, 1.165) is 5.56 Å². The van der Waals surface area contributed by atoms with E-state index in [4.69, 9.17) is 4.74 Å². The zero-order valence-electron chi connectivity index (χ0n) is 12.9. The molecule has 0 aliphatic carbocycles. The molecule has 0 bridgehead atoms. The molecular weight excluding hydrogens is 312 g/mol. The summed E-state index contributed by atoms with van der Waals surface area (Å²) in [6, 6.07) is 17.4. The van der Waals surface area contributed by atoms with Gasteiger partial charge in [0.2, 0.25) is 14.8 Å². The quantitative estimate of drug-likeness (QED) is 0.826. The Kier molecular flexibility index (Phi) is 4.27. The molecule has 3 rings (SSSR count). The highest BCUT2D eigenvalue weighted by molar-refractivity contribution is 7.93. The summed E-state index contributed by atoms with van der Waals surface area (Å²) >= 11 is 0. The molecule has 2 aromatic carbocycles. The lowest BCUT2D eigenvalue weighted by molar-refractivity contribution is 0.106. The Morgan fingerprint density at radius 3 is 2.22 bits per heavy atom. The van der Waals surface area contributed by atoms with Crippen molar-refractivity contribution in [1.29, 1.82) is 0 Å². The van der Waals surface area contributed by atoms with Crippen LogP contribution in [0.4, 0.5) is 0 Å². The number of aliphatic hydroxyl groups is 1. The van der Waals surface area contributed by atoms with Crippen LogP contribution in [0.3, 0.4) is 0 Å². The van der Waals surface area contributed by atoms with Gasteiger partial charge in [0.1, 0.15) is 12.2 Å². The van der Waals surface area contributed by atoms with Crippen molar-refractivity contribution >= 4 is 9.84 Å². The van der Waals surface area contributed by atoms with Gasteiger partial charge in [-0.2, -0.15) is 0 Å². The summed E-state index contributed by atoms with van der Waals surface area (Å²) in [5, 5.41) is 10.6. The third-order valence-corrected chi connectivity index (χ3v) is 6.53. The van der Waals surface area contributed by atoms with E-state index in [2.05, 4.69) is 0 Å². The Hall–Kier alpha value is -1.69. The van der Waals surface area contributed by atoms with Gasteiger partial charge in [-0.3, -0.25) is 0 Å². The highest BCUT2D eigenvalue weighted by Gasteiger charge is 2.71. The Labute approximate surface area is 136 Å². The highest BCUT2D eigenvalue weighted by atomic mass is 32.2. The van der Waals surface area contributed by atoms with Crippen molar-refractivity contribution in [1.82, 2.24) is 0 Å². The summed E-state index contributed by atoms with van der Waals surface area (Å²) in [5.41, 5.74) is 0.766. The van der Waals surface area contributed by atoms with Crippen molar-refractivity contribution in [3.8, 4) is 0 Å². The van der Waals surface area contributed by atoms with Crippen LogP contribution in [-0.2, 0) is 14.6 Å². The Bertz CT molecular complexity index is 758. The van der Waals surface area contributed by atoms with Gasteiger partial charge >= 0.3 is 0 Å². The van der Waals surface area contributed by atoms with Crippen LogP contribution >= 0.6 is 0 Å². The second kappa shape index (κ2) is 6.07. The molecule has 1 saturated heterocycles. The van der Waals surface area contributed by atoms with Crippen LogP contribution in [0.2, 0.25) is 0 Å². The number of benzene rings is 2. The van der Waals surface area contributed by atoms with Crippen LogP contribution in [0.15, 0.2) is 65.6 Å². The number of hydrogen-bond donors (Lipinski definition) is 1. The van der Waals surface area contributed by atoms with Gasteiger partial charge in [0.05, 0.1) is 4.90 Å². The minimum Gasteiger partial charge on any atom is -0.389 e. The molecule has 1 aliphatic rings. The molecule has 0 radical (unpaired) electrons. The van der Waals surface area contributed by atoms with E-state index in [1.807, 2.05) is 37.3 Å². The van der Waals surface area contributed by atoms with Gasteiger partial charge in [-0.05, 0) is 24.1 Å². The number of aliphatic hydroxyl groups excluding tert-OH is 1. The van der Waals surface area contributed by atoms with Gasteiger partial charge in [-0.1, -0.05) is 61.9 Å². The molecule has 1 heterocycles. The van der Waals surface area contributed by atoms with E-state index in [9.17, 15) is 13.5 Å². The summed E-state index contributed by atoms with van der Waals surface area (Å²) in [4.78, 5) is -1.42. The largest absolute Gasteiger partial charge is 0.389 e. The third kappa shape index (κ3) is 2.59. The molecule has 1 N–H and O–H groups in total. The standard InChI is InChI=1S/C18H20O4S/c1-2-9-16(19)18(17(22-18)14-10-5-3-6-11-14)23(20,21)15-12-7-4-8-13-15/h3-8,10-13,16-17,19H,2,9H2,1H3/t16-,17+,18+/m0/s1. The van der Waals surface area contributed by atoms with Crippen molar-refractivity contribution in [2.45, 2.75) is 41.8 Å². The highest BCUT2D eigenvalue weighted by Crippen LogP contribution is 2.58. The fraction of sp³-hybridized carbons (Fsp3) is 0.333. The fourth-order valence-corrected chi connectivity index (χ4v) is 4.97. The molecule has 0 amide bonds. The Morgan fingerprint density at radius 1 is 1.09 bits per heavy atom. The maximum Gasteiger partial charge on any atom is 0.230 e. The van der Waals surface area contributed by atoms with Crippen molar-refractivity contribution in [3.05, 3.63) is 66.2 Å². The molecule has 1 aliphatic heterocycles. The topological polar surface area (TPSA) is 66.9 Å². The van der Waals surface area contributed by atoms with E-state index in [1.165, 1.54) is 0 Å². The first-order valence-corrected chi connectivity index (χ1v) is 9.23. The fourth-order valence-electron chi connectivity index (χ4n) is 2.97. The van der Waals surface area contributed by atoms with Crippen LogP contribution in [-0.4, -0.2) is 24.6 Å². The molecule has 0 unspecified atom stereocenters. The molecule has 0 spiro atoms. The van der Waals surface area contributed by atoms with Gasteiger partial charge in [0.15, 0.2) is 0 Å². The molecule has 1 fully saturated rings. The number of epoxide rings is 1. The van der Waals surface area contributed by atoms with E-state index in [0.29, 0.717) is 12.8 Å². The van der Waals surface area contributed by atoms with E-state index < -0.39 is 27.0 Å². The van der Waals surface area contributed by atoms with Gasteiger partial charge < -0.3 is 9.84 Å².